The van der Waals surface area contributed by atoms with Gasteiger partial charge in [-0.15, -0.1) is 0 Å². The standard InChI is InChI=1S/C14H14ClN3O2/c15-12-3-1-2-10(6-12)8-20-9-13-5-4-11(7-17-13)14(19)18-16/h1-7H,8-9,16H2,(H,18,19). The Hall–Kier alpha value is -1.95. The van der Waals surface area contributed by atoms with Crippen LogP contribution in [0.1, 0.15) is 21.6 Å². The van der Waals surface area contributed by atoms with E-state index in [4.69, 9.17) is 22.2 Å². The van der Waals surface area contributed by atoms with E-state index in [9.17, 15) is 4.79 Å². The van der Waals surface area contributed by atoms with E-state index in [0.717, 1.165) is 11.3 Å². The van der Waals surface area contributed by atoms with Gasteiger partial charge in [0.15, 0.2) is 0 Å². The van der Waals surface area contributed by atoms with E-state index < -0.39 is 0 Å². The number of carbonyl (C=O) groups is 1. The molecule has 0 bridgehead atoms. The summed E-state index contributed by atoms with van der Waals surface area (Å²) in [6.45, 7) is 0.810. The highest BCUT2D eigenvalue weighted by Crippen LogP contribution is 2.12. The monoisotopic (exact) mass is 291 g/mol. The van der Waals surface area contributed by atoms with Crippen LogP contribution in [0.5, 0.6) is 0 Å². The molecule has 3 N–H and O–H groups in total. The van der Waals surface area contributed by atoms with Gasteiger partial charge in [0.2, 0.25) is 0 Å². The molecule has 0 atom stereocenters. The smallest absolute Gasteiger partial charge is 0.266 e. The van der Waals surface area contributed by atoms with Crippen LogP contribution in [0.2, 0.25) is 5.02 Å². The number of nitrogens with two attached hydrogens (primary N) is 1. The highest BCUT2D eigenvalue weighted by atomic mass is 35.5. The van der Waals surface area contributed by atoms with Gasteiger partial charge >= 0.3 is 0 Å². The molecular weight excluding hydrogens is 278 g/mol. The zero-order valence-electron chi connectivity index (χ0n) is 10.7. The lowest BCUT2D eigenvalue weighted by molar-refractivity contribution is 0.0951. The van der Waals surface area contributed by atoms with Crippen molar-refractivity contribution < 1.29 is 9.53 Å². The Balaban J connectivity index is 1.86. The van der Waals surface area contributed by atoms with Crippen LogP contribution in [0, 0.1) is 0 Å². The summed E-state index contributed by atoms with van der Waals surface area (Å²) in [6, 6.07) is 10.8. The molecule has 1 amide bonds. The molecule has 2 rings (SSSR count). The summed E-state index contributed by atoms with van der Waals surface area (Å²) in [4.78, 5) is 15.4. The molecule has 1 heterocycles. The molecule has 5 nitrogen and oxygen atoms in total. The quantitative estimate of drug-likeness (QED) is 0.502. The van der Waals surface area contributed by atoms with Gasteiger partial charge in [0.1, 0.15) is 0 Å². The molecule has 0 unspecified atom stereocenters. The maximum Gasteiger partial charge on any atom is 0.266 e. The van der Waals surface area contributed by atoms with Crippen LogP contribution in [0.4, 0.5) is 0 Å². The molecular formula is C14H14ClN3O2. The van der Waals surface area contributed by atoms with Crippen LogP contribution >= 0.6 is 11.6 Å². The van der Waals surface area contributed by atoms with Crippen molar-refractivity contribution in [3.63, 3.8) is 0 Å². The largest absolute Gasteiger partial charge is 0.370 e. The Morgan fingerprint density at radius 3 is 2.80 bits per heavy atom. The third-order valence-corrected chi connectivity index (χ3v) is 2.86. The lowest BCUT2D eigenvalue weighted by atomic mass is 10.2. The molecule has 0 radical (unpaired) electrons. The molecule has 104 valence electrons. The van der Waals surface area contributed by atoms with Crippen LogP contribution in [-0.4, -0.2) is 10.9 Å². The van der Waals surface area contributed by atoms with E-state index in [1.54, 1.807) is 12.1 Å². The lowest BCUT2D eigenvalue weighted by Crippen LogP contribution is -2.30. The van der Waals surface area contributed by atoms with Gasteiger partial charge in [-0.1, -0.05) is 23.7 Å². The fourth-order valence-electron chi connectivity index (χ4n) is 1.63. The Morgan fingerprint density at radius 2 is 2.15 bits per heavy atom. The molecule has 0 aliphatic carbocycles. The van der Waals surface area contributed by atoms with Gasteiger partial charge in [-0.05, 0) is 29.8 Å². The van der Waals surface area contributed by atoms with Crippen LogP contribution in [0.15, 0.2) is 42.6 Å². The first kappa shape index (κ1) is 14.5. The first-order chi connectivity index (χ1) is 9.69. The van der Waals surface area contributed by atoms with Crippen molar-refractivity contribution in [1.29, 1.82) is 0 Å². The number of aromatic nitrogens is 1. The number of hydrogen-bond acceptors (Lipinski definition) is 4. The average molecular weight is 292 g/mol. The van der Waals surface area contributed by atoms with Crippen molar-refractivity contribution in [3.8, 4) is 0 Å². The maximum atomic E-state index is 11.2. The molecule has 0 fully saturated rings. The van der Waals surface area contributed by atoms with Crippen LogP contribution in [-0.2, 0) is 18.0 Å². The number of amides is 1. The molecule has 0 spiro atoms. The fraction of sp³-hybridized carbons (Fsp3) is 0.143. The van der Waals surface area contributed by atoms with E-state index in [1.807, 2.05) is 29.7 Å². The molecule has 0 aliphatic rings. The van der Waals surface area contributed by atoms with Gasteiger partial charge in [-0.3, -0.25) is 15.2 Å². The molecule has 6 heteroatoms. The number of carbonyl (C=O) groups excluding carboxylic acids is 1. The Bertz CT molecular complexity index is 587. The second-order valence-electron chi connectivity index (χ2n) is 4.13. The second-order valence-corrected chi connectivity index (χ2v) is 4.57. The fourth-order valence-corrected chi connectivity index (χ4v) is 1.84. The highest BCUT2D eigenvalue weighted by Gasteiger charge is 2.04. The number of benzene rings is 1. The summed E-state index contributed by atoms with van der Waals surface area (Å²) in [6.07, 6.45) is 1.46. The predicted octanol–water partition coefficient (Wildman–Crippen LogP) is 2.06. The zero-order valence-corrected chi connectivity index (χ0v) is 11.4. The zero-order chi connectivity index (χ0) is 14.4. The van der Waals surface area contributed by atoms with Crippen LogP contribution in [0.3, 0.4) is 0 Å². The summed E-state index contributed by atoms with van der Waals surface area (Å²) < 4.78 is 5.54. The number of hydrogen-bond donors (Lipinski definition) is 2. The van der Waals surface area contributed by atoms with Crippen molar-refractivity contribution in [1.82, 2.24) is 10.4 Å². The minimum atomic E-state index is -0.371. The first-order valence-corrected chi connectivity index (χ1v) is 6.35. The van der Waals surface area contributed by atoms with Crippen molar-refractivity contribution in [2.75, 3.05) is 0 Å². The predicted molar refractivity (Wildman–Crippen MR) is 75.8 cm³/mol. The van der Waals surface area contributed by atoms with Crippen LogP contribution in [0.25, 0.3) is 0 Å². The van der Waals surface area contributed by atoms with Crippen molar-refractivity contribution in [2.45, 2.75) is 13.2 Å². The Kier molecular flexibility index (Phi) is 5.06. The topological polar surface area (TPSA) is 77.2 Å². The molecule has 1 aromatic carbocycles. The molecule has 2 aromatic rings. The number of hydrazine groups is 1. The van der Waals surface area contributed by atoms with Crippen molar-refractivity contribution in [3.05, 3.63) is 64.4 Å². The summed E-state index contributed by atoms with van der Waals surface area (Å²) in [5, 5.41) is 0.682. The summed E-state index contributed by atoms with van der Waals surface area (Å²) in [5.74, 6) is 4.66. The van der Waals surface area contributed by atoms with E-state index in [-0.39, 0.29) is 5.91 Å². The number of halogens is 1. The third-order valence-electron chi connectivity index (χ3n) is 2.63. The van der Waals surface area contributed by atoms with Gasteiger partial charge < -0.3 is 4.74 Å². The van der Waals surface area contributed by atoms with Crippen LogP contribution < -0.4 is 11.3 Å². The first-order valence-electron chi connectivity index (χ1n) is 5.97. The number of nitrogens with one attached hydrogen (secondary N) is 1. The highest BCUT2D eigenvalue weighted by molar-refractivity contribution is 6.30. The molecule has 0 saturated carbocycles. The number of pyridine rings is 1. The van der Waals surface area contributed by atoms with Gasteiger partial charge in [0.05, 0.1) is 24.5 Å². The number of ether oxygens (including phenoxy) is 1. The maximum absolute atomic E-state index is 11.2. The third kappa shape index (κ3) is 4.03. The number of nitrogen functional groups attached to an aromatic ring is 1. The lowest BCUT2D eigenvalue weighted by Gasteiger charge is -2.05. The summed E-state index contributed by atoms with van der Waals surface area (Å²) >= 11 is 5.89. The van der Waals surface area contributed by atoms with Gasteiger partial charge in [-0.25, -0.2) is 5.84 Å². The minimum Gasteiger partial charge on any atom is -0.370 e. The molecule has 1 aromatic heterocycles. The normalized spacial score (nSPS) is 10.3. The Morgan fingerprint density at radius 1 is 1.30 bits per heavy atom. The SMILES string of the molecule is NNC(=O)c1ccc(COCc2cccc(Cl)c2)nc1. The molecule has 0 saturated heterocycles. The van der Waals surface area contributed by atoms with Gasteiger partial charge in [0, 0.05) is 11.2 Å². The van der Waals surface area contributed by atoms with E-state index in [2.05, 4.69) is 4.98 Å². The Labute approximate surface area is 121 Å². The van der Waals surface area contributed by atoms with E-state index in [0.29, 0.717) is 23.8 Å². The average Bonchev–Trinajstić information content (AvgIpc) is 2.47. The summed E-state index contributed by atoms with van der Waals surface area (Å²) in [5.41, 5.74) is 4.19. The summed E-state index contributed by atoms with van der Waals surface area (Å²) in [7, 11) is 0. The minimum absolute atomic E-state index is 0.358. The number of rotatable bonds is 5. The van der Waals surface area contributed by atoms with Crippen molar-refractivity contribution >= 4 is 17.5 Å². The van der Waals surface area contributed by atoms with Gasteiger partial charge in [0.25, 0.3) is 5.91 Å². The van der Waals surface area contributed by atoms with Crippen molar-refractivity contribution in [2.24, 2.45) is 5.84 Å². The second kappa shape index (κ2) is 7.00. The molecule has 20 heavy (non-hydrogen) atoms. The molecule has 0 aliphatic heterocycles. The number of nitrogens with zero attached hydrogens (tertiary/aromatic N) is 1. The van der Waals surface area contributed by atoms with E-state index >= 15 is 0 Å². The van der Waals surface area contributed by atoms with E-state index in [1.165, 1.54) is 6.20 Å². The van der Waals surface area contributed by atoms with Gasteiger partial charge in [-0.2, -0.15) is 0 Å².